The van der Waals surface area contributed by atoms with Gasteiger partial charge < -0.3 is 14.6 Å². The fraction of sp³-hybridized carbons (Fsp3) is 0.278. The zero-order valence-corrected chi connectivity index (χ0v) is 14.8. The highest BCUT2D eigenvalue weighted by Crippen LogP contribution is 2.32. The lowest BCUT2D eigenvalue weighted by Gasteiger charge is -2.28. The molecule has 0 amide bonds. The summed E-state index contributed by atoms with van der Waals surface area (Å²) >= 11 is 3.46. The molecule has 1 aliphatic rings. The predicted octanol–water partition coefficient (Wildman–Crippen LogP) is 3.57. The van der Waals surface area contributed by atoms with Crippen LogP contribution in [0.15, 0.2) is 46.9 Å². The summed E-state index contributed by atoms with van der Waals surface area (Å²) in [6.07, 6.45) is 0. The van der Waals surface area contributed by atoms with E-state index in [1.165, 1.54) is 0 Å². The van der Waals surface area contributed by atoms with Crippen molar-refractivity contribution in [1.82, 2.24) is 4.90 Å². The predicted molar refractivity (Wildman–Crippen MR) is 92.7 cm³/mol. The van der Waals surface area contributed by atoms with Crippen LogP contribution >= 0.6 is 15.9 Å². The summed E-state index contributed by atoms with van der Waals surface area (Å²) < 4.78 is 12.0. The number of nitrogens with zero attached hydrogens (tertiary/aromatic N) is 1. The van der Waals surface area contributed by atoms with E-state index in [4.69, 9.17) is 9.47 Å². The standard InChI is InChI=1S/C18H18BrNO4/c1-23-16-5-3-2-4-15(16)17(18(21)22)20-9-12-6-7-14(19)8-13(12)10-24-11-20/h2-8,17H,9-11H2,1H3,(H,21,22). The molecule has 24 heavy (non-hydrogen) atoms. The van der Waals surface area contributed by atoms with Gasteiger partial charge in [-0.3, -0.25) is 9.69 Å². The van der Waals surface area contributed by atoms with Gasteiger partial charge in [0.1, 0.15) is 18.5 Å². The van der Waals surface area contributed by atoms with E-state index in [0.717, 1.165) is 15.6 Å². The highest BCUT2D eigenvalue weighted by atomic mass is 79.9. The second kappa shape index (κ2) is 7.34. The zero-order chi connectivity index (χ0) is 17.1. The number of carboxylic acid groups (broad SMARTS) is 1. The number of halogens is 1. The topological polar surface area (TPSA) is 59.0 Å². The monoisotopic (exact) mass is 391 g/mol. The van der Waals surface area contributed by atoms with E-state index in [9.17, 15) is 9.90 Å². The number of methoxy groups -OCH3 is 1. The summed E-state index contributed by atoms with van der Waals surface area (Å²) in [4.78, 5) is 13.8. The van der Waals surface area contributed by atoms with Crippen LogP contribution in [0.3, 0.4) is 0 Å². The smallest absolute Gasteiger partial charge is 0.325 e. The van der Waals surface area contributed by atoms with Gasteiger partial charge in [0.2, 0.25) is 0 Å². The molecule has 0 fully saturated rings. The van der Waals surface area contributed by atoms with Crippen LogP contribution in [0.25, 0.3) is 0 Å². The summed E-state index contributed by atoms with van der Waals surface area (Å²) in [7, 11) is 1.55. The number of para-hydroxylation sites is 1. The maximum Gasteiger partial charge on any atom is 0.325 e. The maximum absolute atomic E-state index is 12.0. The summed E-state index contributed by atoms with van der Waals surface area (Å²) in [5, 5.41) is 9.82. The van der Waals surface area contributed by atoms with Crippen LogP contribution in [0.1, 0.15) is 22.7 Å². The average molecular weight is 392 g/mol. The summed E-state index contributed by atoms with van der Waals surface area (Å²) in [6, 6.07) is 12.3. The Hall–Kier alpha value is -1.89. The number of hydrogen-bond donors (Lipinski definition) is 1. The first kappa shape index (κ1) is 17.0. The molecule has 2 aromatic rings. The van der Waals surface area contributed by atoms with Crippen LogP contribution in [0.2, 0.25) is 0 Å². The van der Waals surface area contributed by atoms with Gasteiger partial charge in [0.25, 0.3) is 0 Å². The van der Waals surface area contributed by atoms with Gasteiger partial charge in [-0.05, 0) is 29.3 Å². The molecule has 0 aromatic heterocycles. The summed E-state index contributed by atoms with van der Waals surface area (Å²) in [5.74, 6) is -0.367. The van der Waals surface area contributed by atoms with E-state index in [1.807, 2.05) is 30.3 Å². The molecule has 0 saturated carbocycles. The highest BCUT2D eigenvalue weighted by Gasteiger charge is 2.31. The molecule has 0 aliphatic carbocycles. The largest absolute Gasteiger partial charge is 0.496 e. The van der Waals surface area contributed by atoms with E-state index in [1.54, 1.807) is 24.1 Å². The van der Waals surface area contributed by atoms with Crippen LogP contribution in [-0.4, -0.2) is 29.8 Å². The molecule has 2 aromatic carbocycles. The van der Waals surface area contributed by atoms with Crippen molar-refractivity contribution in [2.24, 2.45) is 0 Å². The molecular weight excluding hydrogens is 374 g/mol. The van der Waals surface area contributed by atoms with Gasteiger partial charge in [-0.25, -0.2) is 0 Å². The quantitative estimate of drug-likeness (QED) is 0.862. The maximum atomic E-state index is 12.0. The first-order chi connectivity index (χ1) is 11.6. The SMILES string of the molecule is COc1ccccc1C(C(=O)O)N1COCc2cc(Br)ccc2C1. The normalized spacial score (nSPS) is 16.1. The van der Waals surface area contributed by atoms with E-state index < -0.39 is 12.0 Å². The van der Waals surface area contributed by atoms with Crippen molar-refractivity contribution >= 4 is 21.9 Å². The third-order valence-electron chi connectivity index (χ3n) is 4.09. The summed E-state index contributed by atoms with van der Waals surface area (Å²) in [5.41, 5.74) is 2.75. The van der Waals surface area contributed by atoms with Gasteiger partial charge in [-0.2, -0.15) is 0 Å². The van der Waals surface area contributed by atoms with Crippen molar-refractivity contribution in [1.29, 1.82) is 0 Å². The second-order valence-corrected chi connectivity index (χ2v) is 6.54. The van der Waals surface area contributed by atoms with Crippen molar-refractivity contribution in [3.8, 4) is 5.75 Å². The minimum Gasteiger partial charge on any atom is -0.496 e. The number of fused-ring (bicyclic) bond motifs is 1. The molecule has 126 valence electrons. The van der Waals surface area contributed by atoms with Gasteiger partial charge in [-0.1, -0.05) is 40.2 Å². The minimum atomic E-state index is -0.927. The fourth-order valence-electron chi connectivity index (χ4n) is 2.96. The molecule has 0 radical (unpaired) electrons. The lowest BCUT2D eigenvalue weighted by atomic mass is 10.0. The number of ether oxygens (including phenoxy) is 2. The van der Waals surface area contributed by atoms with Crippen LogP contribution < -0.4 is 4.74 Å². The summed E-state index contributed by atoms with van der Waals surface area (Å²) in [6.45, 7) is 1.20. The lowest BCUT2D eigenvalue weighted by molar-refractivity contribution is -0.146. The Bertz CT molecular complexity index is 750. The van der Waals surface area contributed by atoms with Crippen molar-refractivity contribution < 1.29 is 19.4 Å². The van der Waals surface area contributed by atoms with E-state index in [2.05, 4.69) is 15.9 Å². The average Bonchev–Trinajstić information content (AvgIpc) is 2.77. The molecule has 5 nitrogen and oxygen atoms in total. The molecule has 1 N–H and O–H groups in total. The van der Waals surface area contributed by atoms with Gasteiger partial charge in [-0.15, -0.1) is 0 Å². The first-order valence-electron chi connectivity index (χ1n) is 7.55. The van der Waals surface area contributed by atoms with Crippen molar-refractivity contribution in [2.75, 3.05) is 13.8 Å². The Kier molecular flexibility index (Phi) is 5.18. The molecule has 0 bridgehead atoms. The number of rotatable bonds is 4. The molecule has 1 unspecified atom stereocenters. The molecule has 6 heteroatoms. The molecule has 1 atom stereocenters. The highest BCUT2D eigenvalue weighted by molar-refractivity contribution is 9.10. The van der Waals surface area contributed by atoms with E-state index in [-0.39, 0.29) is 6.73 Å². The second-order valence-electron chi connectivity index (χ2n) is 5.62. The third kappa shape index (κ3) is 3.45. The van der Waals surface area contributed by atoms with Crippen molar-refractivity contribution in [2.45, 2.75) is 19.2 Å². The Morgan fingerprint density at radius 1 is 1.29 bits per heavy atom. The number of carbonyl (C=O) groups is 1. The van der Waals surface area contributed by atoms with Crippen molar-refractivity contribution in [3.63, 3.8) is 0 Å². The van der Waals surface area contributed by atoms with Gasteiger partial charge in [0.05, 0.1) is 13.7 Å². The third-order valence-corrected chi connectivity index (χ3v) is 4.58. The number of hydrogen-bond acceptors (Lipinski definition) is 4. The van der Waals surface area contributed by atoms with Crippen LogP contribution in [0, 0.1) is 0 Å². The Labute approximate surface area is 148 Å². The molecule has 0 spiro atoms. The fourth-order valence-corrected chi connectivity index (χ4v) is 3.37. The molecule has 1 heterocycles. The Morgan fingerprint density at radius 3 is 2.83 bits per heavy atom. The molecule has 1 aliphatic heterocycles. The zero-order valence-electron chi connectivity index (χ0n) is 13.2. The van der Waals surface area contributed by atoms with E-state index in [0.29, 0.717) is 24.5 Å². The Balaban J connectivity index is 1.97. The van der Waals surface area contributed by atoms with E-state index >= 15 is 0 Å². The van der Waals surface area contributed by atoms with Crippen LogP contribution in [0.4, 0.5) is 0 Å². The number of benzene rings is 2. The Morgan fingerprint density at radius 2 is 2.08 bits per heavy atom. The lowest BCUT2D eigenvalue weighted by Crippen LogP contribution is -2.34. The molecule has 3 rings (SSSR count). The molecule has 0 saturated heterocycles. The first-order valence-corrected chi connectivity index (χ1v) is 8.34. The van der Waals surface area contributed by atoms with Gasteiger partial charge in [0.15, 0.2) is 0 Å². The molecular formula is C18H18BrNO4. The van der Waals surface area contributed by atoms with Crippen LogP contribution in [0.5, 0.6) is 5.75 Å². The minimum absolute atomic E-state index is 0.237. The van der Waals surface area contributed by atoms with Gasteiger partial charge >= 0.3 is 5.97 Å². The van der Waals surface area contributed by atoms with Crippen molar-refractivity contribution in [3.05, 3.63) is 63.6 Å². The van der Waals surface area contributed by atoms with Crippen LogP contribution in [-0.2, 0) is 22.7 Å². The number of carboxylic acids is 1. The number of aliphatic carboxylic acids is 1. The van der Waals surface area contributed by atoms with Gasteiger partial charge in [0, 0.05) is 16.6 Å².